The fourth-order valence-electron chi connectivity index (χ4n) is 4.45. The summed E-state index contributed by atoms with van der Waals surface area (Å²) in [7, 11) is 3.25. The van der Waals surface area contributed by atoms with Crippen LogP contribution in [0.1, 0.15) is 43.7 Å². The van der Waals surface area contributed by atoms with E-state index in [1.807, 2.05) is 97.1 Å². The lowest BCUT2D eigenvalue weighted by Crippen LogP contribution is -2.26. The maximum absolute atomic E-state index is 14.7. The van der Waals surface area contributed by atoms with E-state index in [9.17, 15) is 4.79 Å². The SMILES string of the molecule is COc1ccc(C(C(=O)C(c2ccc(OC)cc2)C(Br)c2ccc(Cl)cc2)C(Br)c2ccc(Cl)cc2)cc1. The molecule has 0 spiro atoms. The molecule has 0 aromatic heterocycles. The number of carbonyl (C=O) groups excluding carboxylic acids is 1. The molecule has 4 unspecified atom stereocenters. The smallest absolute Gasteiger partial charge is 0.150 e. The Morgan fingerprint density at radius 2 is 0.842 bits per heavy atom. The maximum atomic E-state index is 14.7. The minimum Gasteiger partial charge on any atom is -0.497 e. The predicted octanol–water partition coefficient (Wildman–Crippen LogP) is 9.72. The number of benzene rings is 4. The van der Waals surface area contributed by atoms with Gasteiger partial charge in [-0.1, -0.05) is 104 Å². The van der Waals surface area contributed by atoms with Gasteiger partial charge in [-0.25, -0.2) is 0 Å². The van der Waals surface area contributed by atoms with Crippen LogP contribution in [0, 0.1) is 0 Å². The van der Waals surface area contributed by atoms with Crippen molar-refractivity contribution in [3.63, 3.8) is 0 Å². The van der Waals surface area contributed by atoms with E-state index in [1.54, 1.807) is 14.2 Å². The highest BCUT2D eigenvalue weighted by molar-refractivity contribution is 9.09. The van der Waals surface area contributed by atoms with Gasteiger partial charge in [0.15, 0.2) is 5.78 Å². The number of ketones is 1. The summed E-state index contributed by atoms with van der Waals surface area (Å²) in [5, 5.41) is 1.28. The molecule has 0 heterocycles. The average molecular weight is 677 g/mol. The molecule has 0 fully saturated rings. The Morgan fingerprint density at radius 3 is 1.13 bits per heavy atom. The third kappa shape index (κ3) is 6.63. The van der Waals surface area contributed by atoms with E-state index in [0.29, 0.717) is 10.0 Å². The number of carbonyl (C=O) groups is 1. The highest BCUT2D eigenvalue weighted by Crippen LogP contribution is 2.47. The summed E-state index contributed by atoms with van der Waals surface area (Å²) in [5.41, 5.74) is 3.66. The summed E-state index contributed by atoms with van der Waals surface area (Å²) >= 11 is 20.1. The number of rotatable bonds is 10. The normalized spacial score (nSPS) is 14.3. The summed E-state index contributed by atoms with van der Waals surface area (Å²) < 4.78 is 10.7. The van der Waals surface area contributed by atoms with E-state index in [1.165, 1.54) is 0 Å². The second-order valence-electron chi connectivity index (χ2n) is 8.81. The molecule has 4 rings (SSSR count). The number of halogens is 4. The molecule has 0 aliphatic heterocycles. The molecule has 3 nitrogen and oxygen atoms in total. The highest BCUT2D eigenvalue weighted by atomic mass is 79.9. The van der Waals surface area contributed by atoms with Gasteiger partial charge in [-0.2, -0.15) is 0 Å². The van der Waals surface area contributed by atoms with Gasteiger partial charge in [0, 0.05) is 10.0 Å². The van der Waals surface area contributed by atoms with Gasteiger partial charge in [0.2, 0.25) is 0 Å². The summed E-state index contributed by atoms with van der Waals surface area (Å²) in [6.45, 7) is 0. The van der Waals surface area contributed by atoms with Crippen molar-refractivity contribution in [3.05, 3.63) is 129 Å². The van der Waals surface area contributed by atoms with Crippen LogP contribution in [0.3, 0.4) is 0 Å². The molecule has 196 valence electrons. The molecule has 0 saturated heterocycles. The average Bonchev–Trinajstić information content (AvgIpc) is 2.94. The van der Waals surface area contributed by atoms with E-state index >= 15 is 0 Å². The lowest BCUT2D eigenvalue weighted by molar-refractivity contribution is -0.122. The van der Waals surface area contributed by atoms with E-state index < -0.39 is 11.8 Å². The van der Waals surface area contributed by atoms with E-state index in [0.717, 1.165) is 33.8 Å². The number of methoxy groups -OCH3 is 2. The van der Waals surface area contributed by atoms with Crippen molar-refractivity contribution < 1.29 is 14.3 Å². The number of hydrogen-bond acceptors (Lipinski definition) is 3. The second kappa shape index (κ2) is 13.2. The Bertz CT molecular complexity index is 1240. The zero-order valence-corrected chi connectivity index (χ0v) is 25.5. The quantitative estimate of drug-likeness (QED) is 0.157. The monoisotopic (exact) mass is 674 g/mol. The zero-order valence-electron chi connectivity index (χ0n) is 20.8. The zero-order chi connectivity index (χ0) is 27.2. The van der Waals surface area contributed by atoms with Crippen molar-refractivity contribution in [3.8, 4) is 11.5 Å². The Morgan fingerprint density at radius 1 is 0.553 bits per heavy atom. The molecule has 4 aromatic carbocycles. The van der Waals surface area contributed by atoms with Crippen LogP contribution in [0.15, 0.2) is 97.1 Å². The van der Waals surface area contributed by atoms with E-state index in [2.05, 4.69) is 31.9 Å². The first-order valence-corrected chi connectivity index (χ1v) is 14.5. The van der Waals surface area contributed by atoms with Gasteiger partial charge in [0.05, 0.1) is 35.7 Å². The second-order valence-corrected chi connectivity index (χ2v) is 11.7. The van der Waals surface area contributed by atoms with Crippen LogP contribution in [0.2, 0.25) is 10.0 Å². The van der Waals surface area contributed by atoms with Crippen LogP contribution < -0.4 is 9.47 Å². The Balaban J connectivity index is 1.83. The van der Waals surface area contributed by atoms with Gasteiger partial charge < -0.3 is 9.47 Å². The van der Waals surface area contributed by atoms with Crippen molar-refractivity contribution in [2.75, 3.05) is 14.2 Å². The Kier molecular flexibility index (Phi) is 9.94. The fraction of sp³-hybridized carbons (Fsp3) is 0.194. The first-order chi connectivity index (χ1) is 18.3. The van der Waals surface area contributed by atoms with E-state index in [-0.39, 0.29) is 15.4 Å². The molecule has 0 amide bonds. The largest absolute Gasteiger partial charge is 0.497 e. The third-order valence-electron chi connectivity index (χ3n) is 6.53. The van der Waals surface area contributed by atoms with Crippen molar-refractivity contribution in [2.24, 2.45) is 0 Å². The van der Waals surface area contributed by atoms with Crippen molar-refractivity contribution in [1.82, 2.24) is 0 Å². The summed E-state index contributed by atoms with van der Waals surface area (Å²) in [5.74, 6) is 0.477. The molecule has 0 radical (unpaired) electrons. The fourth-order valence-corrected chi connectivity index (χ4v) is 6.44. The van der Waals surface area contributed by atoms with Crippen LogP contribution in [-0.2, 0) is 4.79 Å². The number of Topliss-reactive ketones (excluding diaryl/α,β-unsaturated/α-hetero) is 1. The Hall–Kier alpha value is -2.31. The van der Waals surface area contributed by atoms with Crippen LogP contribution >= 0.6 is 55.1 Å². The van der Waals surface area contributed by atoms with Gasteiger partial charge >= 0.3 is 0 Å². The third-order valence-corrected chi connectivity index (χ3v) is 9.14. The first-order valence-electron chi connectivity index (χ1n) is 11.9. The molecular formula is C31H26Br2Cl2O3. The molecule has 0 aliphatic rings. The summed E-state index contributed by atoms with van der Waals surface area (Å²) in [6, 6.07) is 30.4. The minimum atomic E-state index is -0.512. The molecule has 7 heteroatoms. The summed E-state index contributed by atoms with van der Waals surface area (Å²) in [6.07, 6.45) is 0. The molecular weight excluding hydrogens is 651 g/mol. The van der Waals surface area contributed by atoms with Gasteiger partial charge in [0.1, 0.15) is 11.5 Å². The first kappa shape index (κ1) is 28.7. The number of hydrogen-bond donors (Lipinski definition) is 0. The molecule has 38 heavy (non-hydrogen) atoms. The van der Waals surface area contributed by atoms with Crippen LogP contribution in [0.4, 0.5) is 0 Å². The highest BCUT2D eigenvalue weighted by Gasteiger charge is 2.38. The predicted molar refractivity (Wildman–Crippen MR) is 163 cm³/mol. The topological polar surface area (TPSA) is 35.5 Å². The van der Waals surface area contributed by atoms with Crippen molar-refractivity contribution in [2.45, 2.75) is 21.5 Å². The van der Waals surface area contributed by atoms with Crippen LogP contribution in [-0.4, -0.2) is 20.0 Å². The standard InChI is InChI=1S/C31H26Br2Cl2O3/c1-37-25-15-7-19(8-16-25)27(29(32)21-3-11-23(34)12-4-21)31(36)28(20-9-17-26(38-2)18-10-20)30(33)22-5-13-24(35)14-6-22/h3-18,27-30H,1-2H3. The van der Waals surface area contributed by atoms with Crippen LogP contribution in [0.25, 0.3) is 0 Å². The molecule has 0 bridgehead atoms. The van der Waals surface area contributed by atoms with Gasteiger partial charge in [-0.3, -0.25) is 4.79 Å². The molecule has 0 saturated carbocycles. The number of alkyl halides is 2. The molecule has 0 N–H and O–H groups in total. The van der Waals surface area contributed by atoms with Crippen LogP contribution in [0.5, 0.6) is 11.5 Å². The lowest BCUT2D eigenvalue weighted by atomic mass is 9.78. The minimum absolute atomic E-state index is 0.0500. The van der Waals surface area contributed by atoms with Gasteiger partial charge in [0.25, 0.3) is 0 Å². The molecule has 4 aromatic rings. The maximum Gasteiger partial charge on any atom is 0.150 e. The van der Waals surface area contributed by atoms with Crippen molar-refractivity contribution >= 4 is 60.8 Å². The molecule has 0 aliphatic carbocycles. The Labute approximate surface area is 250 Å². The molecule has 4 atom stereocenters. The van der Waals surface area contributed by atoms with E-state index in [4.69, 9.17) is 32.7 Å². The number of ether oxygens (including phenoxy) is 2. The summed E-state index contributed by atoms with van der Waals surface area (Å²) in [4.78, 5) is 14.1. The van der Waals surface area contributed by atoms with Gasteiger partial charge in [-0.15, -0.1) is 0 Å². The van der Waals surface area contributed by atoms with Crippen molar-refractivity contribution in [1.29, 1.82) is 0 Å². The van der Waals surface area contributed by atoms with Gasteiger partial charge in [-0.05, 0) is 70.8 Å². The lowest BCUT2D eigenvalue weighted by Gasteiger charge is -2.30.